The Hall–Kier alpha value is -2.37. The molecule has 0 heterocycles. The lowest BCUT2D eigenvalue weighted by molar-refractivity contribution is 0.0960. The summed E-state index contributed by atoms with van der Waals surface area (Å²) in [6, 6.07) is 11.7. The average molecular weight is 361 g/mol. The van der Waals surface area contributed by atoms with Gasteiger partial charge in [0.15, 0.2) is 0 Å². The first-order chi connectivity index (χ1) is 11.9. The molecular formula is C19H21ClN2O3. The Labute approximate surface area is 152 Å². The van der Waals surface area contributed by atoms with E-state index in [4.69, 9.17) is 16.3 Å². The van der Waals surface area contributed by atoms with Crippen LogP contribution in [0.25, 0.3) is 0 Å². The SMILES string of the molecule is CCOCN(C(=O)NC(=O)c1c(C)cccc1C)c1ccc(Cl)cc1. The third kappa shape index (κ3) is 4.81. The van der Waals surface area contributed by atoms with Gasteiger partial charge in [0.25, 0.3) is 5.91 Å². The largest absolute Gasteiger partial charge is 0.361 e. The fourth-order valence-electron chi connectivity index (χ4n) is 2.45. The van der Waals surface area contributed by atoms with Crippen LogP contribution < -0.4 is 10.2 Å². The fourth-order valence-corrected chi connectivity index (χ4v) is 2.58. The van der Waals surface area contributed by atoms with Crippen molar-refractivity contribution in [2.24, 2.45) is 0 Å². The summed E-state index contributed by atoms with van der Waals surface area (Å²) in [4.78, 5) is 26.5. The third-order valence-corrected chi connectivity index (χ3v) is 3.99. The second kappa shape index (κ2) is 8.65. The van der Waals surface area contributed by atoms with Crippen molar-refractivity contribution in [1.82, 2.24) is 5.32 Å². The summed E-state index contributed by atoms with van der Waals surface area (Å²) < 4.78 is 5.36. The molecule has 0 saturated heterocycles. The van der Waals surface area contributed by atoms with Gasteiger partial charge in [0.1, 0.15) is 6.73 Å². The fraction of sp³-hybridized carbons (Fsp3) is 0.263. The Balaban J connectivity index is 2.21. The van der Waals surface area contributed by atoms with Crippen LogP contribution in [0.15, 0.2) is 42.5 Å². The molecule has 0 aliphatic heterocycles. The van der Waals surface area contributed by atoms with Crippen molar-refractivity contribution in [1.29, 1.82) is 0 Å². The highest BCUT2D eigenvalue weighted by atomic mass is 35.5. The number of nitrogens with one attached hydrogen (secondary N) is 1. The molecular weight excluding hydrogens is 340 g/mol. The van der Waals surface area contributed by atoms with Crippen molar-refractivity contribution >= 4 is 29.2 Å². The number of aryl methyl sites for hydroxylation is 2. The van der Waals surface area contributed by atoms with Gasteiger partial charge in [-0.3, -0.25) is 15.0 Å². The van der Waals surface area contributed by atoms with Crippen LogP contribution >= 0.6 is 11.6 Å². The van der Waals surface area contributed by atoms with Gasteiger partial charge in [-0.05, 0) is 56.2 Å². The number of hydrogen-bond acceptors (Lipinski definition) is 3. The molecule has 0 unspecified atom stereocenters. The number of carbonyl (C=O) groups excluding carboxylic acids is 2. The number of halogens is 1. The number of hydrogen-bond donors (Lipinski definition) is 1. The first-order valence-electron chi connectivity index (χ1n) is 7.96. The summed E-state index contributed by atoms with van der Waals surface area (Å²) in [6.07, 6.45) is 0. The molecule has 25 heavy (non-hydrogen) atoms. The topological polar surface area (TPSA) is 58.6 Å². The first kappa shape index (κ1) is 19.0. The lowest BCUT2D eigenvalue weighted by atomic mass is 10.0. The molecule has 2 aromatic carbocycles. The maximum absolute atomic E-state index is 12.6. The van der Waals surface area contributed by atoms with E-state index in [9.17, 15) is 9.59 Å². The molecule has 0 fully saturated rings. The van der Waals surface area contributed by atoms with Crippen molar-refractivity contribution < 1.29 is 14.3 Å². The molecule has 3 amide bonds. The zero-order valence-corrected chi connectivity index (χ0v) is 15.3. The van der Waals surface area contributed by atoms with E-state index in [1.54, 1.807) is 24.3 Å². The van der Waals surface area contributed by atoms with E-state index in [0.717, 1.165) is 11.1 Å². The van der Waals surface area contributed by atoms with Gasteiger partial charge in [-0.25, -0.2) is 4.79 Å². The van der Waals surface area contributed by atoms with Crippen LogP contribution in [0.3, 0.4) is 0 Å². The van der Waals surface area contributed by atoms with Gasteiger partial charge >= 0.3 is 6.03 Å². The number of urea groups is 1. The summed E-state index contributed by atoms with van der Waals surface area (Å²) in [6.45, 7) is 5.99. The number of amides is 3. The number of anilines is 1. The van der Waals surface area contributed by atoms with Gasteiger partial charge < -0.3 is 4.74 Å². The zero-order valence-electron chi connectivity index (χ0n) is 14.5. The number of benzene rings is 2. The number of carbonyl (C=O) groups is 2. The number of rotatable bonds is 5. The molecule has 0 atom stereocenters. The van der Waals surface area contributed by atoms with Crippen LogP contribution in [0.5, 0.6) is 0 Å². The van der Waals surface area contributed by atoms with E-state index in [-0.39, 0.29) is 6.73 Å². The van der Waals surface area contributed by atoms with Crippen molar-refractivity contribution in [3.05, 3.63) is 64.2 Å². The monoisotopic (exact) mass is 360 g/mol. The van der Waals surface area contributed by atoms with Gasteiger partial charge in [0, 0.05) is 22.9 Å². The normalized spacial score (nSPS) is 10.4. The second-order valence-corrected chi connectivity index (χ2v) is 5.99. The van der Waals surface area contributed by atoms with Crippen molar-refractivity contribution in [2.75, 3.05) is 18.2 Å². The van der Waals surface area contributed by atoms with Crippen molar-refractivity contribution in [3.63, 3.8) is 0 Å². The smallest absolute Gasteiger partial charge is 0.330 e. The maximum Gasteiger partial charge on any atom is 0.330 e. The van der Waals surface area contributed by atoms with Crippen LogP contribution in [-0.4, -0.2) is 25.3 Å². The molecule has 132 valence electrons. The van der Waals surface area contributed by atoms with E-state index in [2.05, 4.69) is 5.32 Å². The Morgan fingerprint density at radius 2 is 1.68 bits per heavy atom. The quantitative estimate of drug-likeness (QED) is 0.808. The molecule has 2 aromatic rings. The average Bonchev–Trinajstić information content (AvgIpc) is 2.56. The molecule has 0 bridgehead atoms. The molecule has 0 saturated carbocycles. The van der Waals surface area contributed by atoms with Crippen LogP contribution in [0, 0.1) is 13.8 Å². The highest BCUT2D eigenvalue weighted by molar-refractivity contribution is 6.30. The molecule has 0 aliphatic rings. The number of imide groups is 1. The highest BCUT2D eigenvalue weighted by Crippen LogP contribution is 2.19. The van der Waals surface area contributed by atoms with Crippen LogP contribution in [0.2, 0.25) is 5.02 Å². The predicted molar refractivity (Wildman–Crippen MR) is 99.2 cm³/mol. The molecule has 6 heteroatoms. The van der Waals surface area contributed by atoms with Crippen molar-refractivity contribution in [3.8, 4) is 0 Å². The summed E-state index contributed by atoms with van der Waals surface area (Å²) in [7, 11) is 0. The third-order valence-electron chi connectivity index (χ3n) is 3.74. The van der Waals surface area contributed by atoms with Gasteiger partial charge in [0.05, 0.1) is 0 Å². The van der Waals surface area contributed by atoms with E-state index in [1.807, 2.05) is 39.0 Å². The number of ether oxygens (including phenoxy) is 1. The second-order valence-electron chi connectivity index (χ2n) is 5.55. The minimum absolute atomic E-state index is 0.0317. The Morgan fingerprint density at radius 1 is 1.08 bits per heavy atom. The van der Waals surface area contributed by atoms with Crippen LogP contribution in [0.4, 0.5) is 10.5 Å². The first-order valence-corrected chi connectivity index (χ1v) is 8.34. The highest BCUT2D eigenvalue weighted by Gasteiger charge is 2.21. The lowest BCUT2D eigenvalue weighted by Gasteiger charge is -2.23. The summed E-state index contributed by atoms with van der Waals surface area (Å²) >= 11 is 5.90. The molecule has 0 spiro atoms. The van der Waals surface area contributed by atoms with Crippen LogP contribution in [-0.2, 0) is 4.74 Å². The Bertz CT molecular complexity index is 740. The van der Waals surface area contributed by atoms with E-state index in [0.29, 0.717) is 22.9 Å². The minimum atomic E-state index is -0.552. The van der Waals surface area contributed by atoms with Gasteiger partial charge in [0.2, 0.25) is 0 Å². The van der Waals surface area contributed by atoms with Crippen molar-refractivity contribution in [2.45, 2.75) is 20.8 Å². The molecule has 0 aromatic heterocycles. The van der Waals surface area contributed by atoms with Gasteiger partial charge in [-0.2, -0.15) is 0 Å². The standard InChI is InChI=1S/C19H21ClN2O3/c1-4-25-12-22(16-10-8-15(20)9-11-16)19(24)21-18(23)17-13(2)6-5-7-14(17)3/h5-11H,4,12H2,1-3H3,(H,21,23,24). The molecule has 0 radical (unpaired) electrons. The summed E-state index contributed by atoms with van der Waals surface area (Å²) in [5.74, 6) is -0.434. The lowest BCUT2D eigenvalue weighted by Crippen LogP contribution is -2.44. The maximum atomic E-state index is 12.6. The van der Waals surface area contributed by atoms with E-state index < -0.39 is 11.9 Å². The van der Waals surface area contributed by atoms with E-state index in [1.165, 1.54) is 4.90 Å². The Morgan fingerprint density at radius 3 is 2.24 bits per heavy atom. The van der Waals surface area contributed by atoms with Gasteiger partial charge in [-0.1, -0.05) is 29.8 Å². The van der Waals surface area contributed by atoms with Crippen LogP contribution in [0.1, 0.15) is 28.4 Å². The zero-order chi connectivity index (χ0) is 18.4. The molecule has 0 aliphatic carbocycles. The molecule has 5 nitrogen and oxygen atoms in total. The molecule has 1 N–H and O–H groups in total. The number of nitrogens with zero attached hydrogens (tertiary/aromatic N) is 1. The summed E-state index contributed by atoms with van der Waals surface area (Å²) in [5, 5.41) is 3.00. The Kier molecular flexibility index (Phi) is 6.56. The predicted octanol–water partition coefficient (Wildman–Crippen LogP) is 4.31. The minimum Gasteiger partial charge on any atom is -0.361 e. The van der Waals surface area contributed by atoms with Gasteiger partial charge in [-0.15, -0.1) is 0 Å². The molecule has 2 rings (SSSR count). The summed E-state index contributed by atoms with van der Waals surface area (Å²) in [5.41, 5.74) is 2.72. The van der Waals surface area contributed by atoms with E-state index >= 15 is 0 Å².